The summed E-state index contributed by atoms with van der Waals surface area (Å²) in [6, 6.07) is 6.40. The zero-order chi connectivity index (χ0) is 24.3. The highest BCUT2D eigenvalue weighted by Crippen LogP contribution is 2.43. The van der Waals surface area contributed by atoms with Crippen LogP contribution in [0.5, 0.6) is 5.75 Å². The maximum Gasteiger partial charge on any atom is 0.405 e. The lowest BCUT2D eigenvalue weighted by Crippen LogP contribution is -2.57. The lowest BCUT2D eigenvalue weighted by molar-refractivity contribution is -0.139. The standard InChI is InChI=1S/C24H26N6O4S/c1-13(2)30-20(25-12-26-30)21-27-19-16-4-3-14(9-17(16)34-8-5-18(19)35-21)15-10-29(11-15)22(31)24(6-7-24)28-23(32)33/h3-4,9,12-13,15,28H,5-8,10-11H2,1-2H3,(H,32,33). The Morgan fingerprint density at radius 1 is 1.29 bits per heavy atom. The number of hydrogen-bond acceptors (Lipinski definition) is 7. The normalized spacial score (nSPS) is 18.2. The topological polar surface area (TPSA) is 122 Å². The Labute approximate surface area is 205 Å². The zero-order valence-corrected chi connectivity index (χ0v) is 20.3. The Morgan fingerprint density at radius 3 is 2.80 bits per heavy atom. The maximum absolute atomic E-state index is 12.8. The van der Waals surface area contributed by atoms with Gasteiger partial charge in [0, 0.05) is 41.9 Å². The molecule has 0 atom stereocenters. The number of nitrogens with zero attached hydrogens (tertiary/aromatic N) is 5. The first-order valence-corrected chi connectivity index (χ1v) is 12.6. The number of fused-ring (bicyclic) bond motifs is 3. The molecule has 11 heteroatoms. The third kappa shape index (κ3) is 3.74. The van der Waals surface area contributed by atoms with Gasteiger partial charge < -0.3 is 20.1 Å². The summed E-state index contributed by atoms with van der Waals surface area (Å²) < 4.78 is 7.99. The van der Waals surface area contributed by atoms with Gasteiger partial charge in [0.2, 0.25) is 5.91 Å². The van der Waals surface area contributed by atoms with E-state index in [4.69, 9.17) is 14.8 Å². The molecule has 0 radical (unpaired) electrons. The number of benzene rings is 1. The van der Waals surface area contributed by atoms with Crippen LogP contribution in [0.1, 0.15) is 49.1 Å². The highest BCUT2D eigenvalue weighted by molar-refractivity contribution is 7.15. The Balaban J connectivity index is 1.22. The number of ether oxygens (including phenoxy) is 1. The Hall–Kier alpha value is -3.47. The molecular weight excluding hydrogens is 468 g/mol. The second-order valence-electron chi connectivity index (χ2n) is 9.69. The van der Waals surface area contributed by atoms with Gasteiger partial charge in [-0.1, -0.05) is 6.07 Å². The number of hydrogen-bond donors (Lipinski definition) is 2. The number of aromatic nitrogens is 4. The van der Waals surface area contributed by atoms with Crippen molar-refractivity contribution in [2.24, 2.45) is 0 Å². The smallest absolute Gasteiger partial charge is 0.405 e. The molecule has 6 rings (SSSR count). The van der Waals surface area contributed by atoms with E-state index in [-0.39, 0.29) is 17.9 Å². The minimum absolute atomic E-state index is 0.115. The summed E-state index contributed by atoms with van der Waals surface area (Å²) in [7, 11) is 0. The molecule has 2 aromatic heterocycles. The summed E-state index contributed by atoms with van der Waals surface area (Å²) in [5.41, 5.74) is 2.10. The first-order valence-electron chi connectivity index (χ1n) is 11.8. The molecule has 2 amide bonds. The summed E-state index contributed by atoms with van der Waals surface area (Å²) in [6.07, 6.45) is 2.33. The molecule has 1 saturated heterocycles. The van der Waals surface area contributed by atoms with E-state index in [1.807, 2.05) is 4.68 Å². The van der Waals surface area contributed by atoms with Crippen LogP contribution in [0.2, 0.25) is 0 Å². The van der Waals surface area contributed by atoms with E-state index in [2.05, 4.69) is 47.4 Å². The monoisotopic (exact) mass is 494 g/mol. The van der Waals surface area contributed by atoms with E-state index >= 15 is 0 Å². The molecule has 0 spiro atoms. The van der Waals surface area contributed by atoms with Gasteiger partial charge >= 0.3 is 6.09 Å². The van der Waals surface area contributed by atoms with Crippen LogP contribution in [0, 0.1) is 0 Å². The maximum atomic E-state index is 12.8. The van der Waals surface area contributed by atoms with Gasteiger partial charge in [0.05, 0.1) is 12.3 Å². The van der Waals surface area contributed by atoms with Crippen LogP contribution in [0.4, 0.5) is 4.79 Å². The molecule has 0 unspecified atom stereocenters. The lowest BCUT2D eigenvalue weighted by Gasteiger charge is -2.41. The average Bonchev–Trinajstić information content (AvgIpc) is 3.24. The molecule has 2 N–H and O–H groups in total. The number of nitrogens with one attached hydrogen (secondary N) is 1. The average molecular weight is 495 g/mol. The number of amides is 2. The Bertz CT molecular complexity index is 1320. The molecular formula is C24H26N6O4S. The van der Waals surface area contributed by atoms with Crippen LogP contribution in [0.3, 0.4) is 0 Å². The van der Waals surface area contributed by atoms with Gasteiger partial charge in [-0.3, -0.25) is 4.79 Å². The molecule has 1 aromatic carbocycles. The molecule has 3 aliphatic rings. The molecule has 10 nitrogen and oxygen atoms in total. The van der Waals surface area contributed by atoms with Crippen molar-refractivity contribution in [3.05, 3.63) is 35.0 Å². The van der Waals surface area contributed by atoms with Gasteiger partial charge in [0.15, 0.2) is 10.8 Å². The summed E-state index contributed by atoms with van der Waals surface area (Å²) in [6.45, 7) is 5.88. The summed E-state index contributed by atoms with van der Waals surface area (Å²) >= 11 is 1.64. The van der Waals surface area contributed by atoms with Crippen molar-refractivity contribution in [3.8, 4) is 27.8 Å². The van der Waals surface area contributed by atoms with Crippen LogP contribution in [0.15, 0.2) is 24.5 Å². The Kier molecular flexibility index (Phi) is 5.06. The molecule has 2 aliphatic heterocycles. The van der Waals surface area contributed by atoms with E-state index < -0.39 is 11.6 Å². The first kappa shape index (κ1) is 22.0. The predicted octanol–water partition coefficient (Wildman–Crippen LogP) is 3.31. The van der Waals surface area contributed by atoms with Crippen molar-refractivity contribution in [1.82, 2.24) is 30.0 Å². The number of likely N-dealkylation sites (tertiary alicyclic amines) is 1. The first-order chi connectivity index (χ1) is 16.8. The molecule has 3 aromatic rings. The fraction of sp³-hybridized carbons (Fsp3) is 0.458. The van der Waals surface area contributed by atoms with Crippen LogP contribution >= 0.6 is 11.3 Å². The molecule has 35 heavy (non-hydrogen) atoms. The van der Waals surface area contributed by atoms with Gasteiger partial charge in [-0.2, -0.15) is 5.10 Å². The predicted molar refractivity (Wildman–Crippen MR) is 129 cm³/mol. The van der Waals surface area contributed by atoms with Crippen molar-refractivity contribution >= 4 is 23.3 Å². The highest BCUT2D eigenvalue weighted by Gasteiger charge is 2.55. The number of carbonyl (C=O) groups excluding carboxylic acids is 1. The van der Waals surface area contributed by atoms with Crippen molar-refractivity contribution in [1.29, 1.82) is 0 Å². The third-order valence-electron chi connectivity index (χ3n) is 6.94. The van der Waals surface area contributed by atoms with Gasteiger partial charge in [0.1, 0.15) is 17.6 Å². The van der Waals surface area contributed by atoms with Crippen LogP contribution in [0.25, 0.3) is 22.1 Å². The fourth-order valence-corrected chi connectivity index (χ4v) is 5.90. The number of rotatable bonds is 5. The summed E-state index contributed by atoms with van der Waals surface area (Å²) in [5, 5.41) is 16.6. The molecule has 0 bridgehead atoms. The summed E-state index contributed by atoms with van der Waals surface area (Å²) in [5.74, 6) is 1.67. The molecule has 2 fully saturated rings. The third-order valence-corrected chi connectivity index (χ3v) is 8.06. The SMILES string of the molecule is CC(C)n1ncnc1-c1nc2c(s1)CCOc1cc(C3CN(C(=O)C4(NC(=O)O)CC4)C3)ccc1-2. The second-order valence-corrected chi connectivity index (χ2v) is 10.8. The Morgan fingerprint density at radius 2 is 2.09 bits per heavy atom. The number of carboxylic acid groups (broad SMARTS) is 1. The van der Waals surface area contributed by atoms with E-state index in [1.165, 1.54) is 4.88 Å². The minimum atomic E-state index is -1.15. The molecule has 4 heterocycles. The van der Waals surface area contributed by atoms with E-state index in [0.29, 0.717) is 32.5 Å². The quantitative estimate of drug-likeness (QED) is 0.558. The van der Waals surface area contributed by atoms with Crippen molar-refractivity contribution in [2.75, 3.05) is 19.7 Å². The van der Waals surface area contributed by atoms with Crippen molar-refractivity contribution in [3.63, 3.8) is 0 Å². The van der Waals surface area contributed by atoms with E-state index in [9.17, 15) is 9.59 Å². The minimum Gasteiger partial charge on any atom is -0.492 e. The van der Waals surface area contributed by atoms with E-state index in [0.717, 1.165) is 39.8 Å². The lowest BCUT2D eigenvalue weighted by atomic mass is 9.89. The number of carbonyl (C=O) groups is 2. The van der Waals surface area contributed by atoms with Crippen LogP contribution < -0.4 is 10.1 Å². The van der Waals surface area contributed by atoms with Gasteiger partial charge in [-0.15, -0.1) is 11.3 Å². The molecule has 182 valence electrons. The van der Waals surface area contributed by atoms with Crippen LogP contribution in [-0.4, -0.2) is 67.0 Å². The van der Waals surface area contributed by atoms with Gasteiger partial charge in [0.25, 0.3) is 0 Å². The van der Waals surface area contributed by atoms with Gasteiger partial charge in [-0.25, -0.2) is 19.4 Å². The van der Waals surface area contributed by atoms with E-state index in [1.54, 1.807) is 22.6 Å². The van der Waals surface area contributed by atoms with Crippen LogP contribution in [-0.2, 0) is 11.2 Å². The largest absolute Gasteiger partial charge is 0.492 e. The number of thiazole rings is 1. The highest BCUT2D eigenvalue weighted by atomic mass is 32.1. The second kappa shape index (κ2) is 8.04. The fourth-order valence-electron chi connectivity index (χ4n) is 4.85. The van der Waals surface area contributed by atoms with Crippen molar-refractivity contribution < 1.29 is 19.4 Å². The van der Waals surface area contributed by atoms with Crippen molar-refractivity contribution in [2.45, 2.75) is 50.6 Å². The zero-order valence-electron chi connectivity index (χ0n) is 19.5. The molecule has 1 saturated carbocycles. The molecule has 1 aliphatic carbocycles. The summed E-state index contributed by atoms with van der Waals surface area (Å²) in [4.78, 5) is 36.1. The van der Waals surface area contributed by atoms with Gasteiger partial charge in [-0.05, 0) is 44.4 Å².